The maximum absolute atomic E-state index is 11.1. The highest BCUT2D eigenvalue weighted by atomic mass is 16.4. The highest BCUT2D eigenvalue weighted by molar-refractivity contribution is 5.86. The van der Waals surface area contributed by atoms with Crippen LogP contribution in [0.4, 0.5) is 0 Å². The molecule has 0 unspecified atom stereocenters. The standard InChI is InChI=1S/C10H13NO4/c12-6-2-1-4-11-5-3-9(13)8(7-11)10(14)15/h3,5,7,12H,1-2,4,6H2,(H,14,15). The van der Waals surface area contributed by atoms with E-state index >= 15 is 0 Å². The van der Waals surface area contributed by atoms with Crippen LogP contribution >= 0.6 is 0 Å². The Morgan fingerprint density at radius 1 is 1.40 bits per heavy atom. The predicted octanol–water partition coefficient (Wildman–Crippen LogP) is 0.319. The second kappa shape index (κ2) is 5.31. The molecule has 15 heavy (non-hydrogen) atoms. The van der Waals surface area contributed by atoms with Gasteiger partial charge >= 0.3 is 5.97 Å². The molecule has 5 nitrogen and oxygen atoms in total. The molecule has 0 aliphatic heterocycles. The zero-order chi connectivity index (χ0) is 11.3. The van der Waals surface area contributed by atoms with Crippen LogP contribution in [0.25, 0.3) is 0 Å². The Balaban J connectivity index is 2.79. The molecule has 0 saturated carbocycles. The lowest BCUT2D eigenvalue weighted by molar-refractivity contribution is 0.0694. The number of aliphatic hydroxyl groups is 1. The molecule has 0 radical (unpaired) electrons. The first-order chi connectivity index (χ1) is 7.15. The number of nitrogens with zero attached hydrogens (tertiary/aromatic N) is 1. The monoisotopic (exact) mass is 211 g/mol. The van der Waals surface area contributed by atoms with Gasteiger partial charge in [-0.05, 0) is 12.8 Å². The van der Waals surface area contributed by atoms with Gasteiger partial charge in [0.15, 0.2) is 5.43 Å². The van der Waals surface area contributed by atoms with Gasteiger partial charge in [-0.25, -0.2) is 4.79 Å². The van der Waals surface area contributed by atoms with Crippen LogP contribution in [0.3, 0.4) is 0 Å². The number of aromatic carboxylic acids is 1. The van der Waals surface area contributed by atoms with Crippen LogP contribution in [-0.2, 0) is 6.54 Å². The number of carboxylic acids is 1. The SMILES string of the molecule is O=C(O)c1cn(CCCCO)ccc1=O. The highest BCUT2D eigenvalue weighted by Gasteiger charge is 2.07. The number of aryl methyl sites for hydroxylation is 1. The maximum atomic E-state index is 11.1. The molecule has 82 valence electrons. The average Bonchev–Trinajstić information content (AvgIpc) is 2.20. The van der Waals surface area contributed by atoms with Gasteiger partial charge in [0.1, 0.15) is 5.56 Å². The van der Waals surface area contributed by atoms with Crippen molar-refractivity contribution in [3.8, 4) is 0 Å². The van der Waals surface area contributed by atoms with Crippen LogP contribution < -0.4 is 5.43 Å². The lowest BCUT2D eigenvalue weighted by Gasteiger charge is -2.05. The summed E-state index contributed by atoms with van der Waals surface area (Å²) in [6.07, 6.45) is 4.28. The molecule has 1 aromatic heterocycles. The van der Waals surface area contributed by atoms with Crippen molar-refractivity contribution in [2.24, 2.45) is 0 Å². The Bertz CT molecular complexity index is 397. The van der Waals surface area contributed by atoms with E-state index in [1.165, 1.54) is 12.3 Å². The lowest BCUT2D eigenvalue weighted by Crippen LogP contribution is -2.16. The van der Waals surface area contributed by atoms with Crippen molar-refractivity contribution in [3.05, 3.63) is 34.2 Å². The smallest absolute Gasteiger partial charge is 0.341 e. The number of aliphatic hydroxyl groups excluding tert-OH is 1. The van der Waals surface area contributed by atoms with Gasteiger partial charge in [0.05, 0.1) is 0 Å². The van der Waals surface area contributed by atoms with Crippen LogP contribution in [0.5, 0.6) is 0 Å². The molecule has 0 aliphatic carbocycles. The summed E-state index contributed by atoms with van der Waals surface area (Å²) in [5.74, 6) is -1.21. The van der Waals surface area contributed by atoms with E-state index in [9.17, 15) is 9.59 Å². The quantitative estimate of drug-likeness (QED) is 0.687. The fraction of sp³-hybridized carbons (Fsp3) is 0.400. The van der Waals surface area contributed by atoms with Crippen molar-refractivity contribution in [1.29, 1.82) is 0 Å². The zero-order valence-electron chi connectivity index (χ0n) is 8.22. The molecule has 0 amide bonds. The van der Waals surface area contributed by atoms with Crippen molar-refractivity contribution in [3.63, 3.8) is 0 Å². The Morgan fingerprint density at radius 3 is 2.73 bits per heavy atom. The normalized spacial score (nSPS) is 10.2. The molecule has 0 fully saturated rings. The van der Waals surface area contributed by atoms with E-state index in [4.69, 9.17) is 10.2 Å². The van der Waals surface area contributed by atoms with Crippen molar-refractivity contribution in [2.45, 2.75) is 19.4 Å². The zero-order valence-corrected chi connectivity index (χ0v) is 8.22. The lowest BCUT2D eigenvalue weighted by atomic mass is 10.2. The first kappa shape index (κ1) is 11.5. The summed E-state index contributed by atoms with van der Waals surface area (Å²) in [4.78, 5) is 21.8. The number of carboxylic acid groups (broad SMARTS) is 1. The number of rotatable bonds is 5. The van der Waals surface area contributed by atoms with Gasteiger partial charge in [0.25, 0.3) is 0 Å². The van der Waals surface area contributed by atoms with Gasteiger partial charge in [-0.15, -0.1) is 0 Å². The Labute approximate surface area is 86.6 Å². The fourth-order valence-electron chi connectivity index (χ4n) is 1.23. The predicted molar refractivity (Wildman–Crippen MR) is 54.0 cm³/mol. The Hall–Kier alpha value is -1.62. The van der Waals surface area contributed by atoms with Gasteiger partial charge in [-0.2, -0.15) is 0 Å². The molecule has 0 saturated heterocycles. The highest BCUT2D eigenvalue weighted by Crippen LogP contribution is 1.97. The van der Waals surface area contributed by atoms with Crippen molar-refractivity contribution < 1.29 is 15.0 Å². The number of unbranched alkanes of at least 4 members (excludes halogenated alkanes) is 1. The molecule has 0 bridgehead atoms. The van der Waals surface area contributed by atoms with Crippen LogP contribution in [0.1, 0.15) is 23.2 Å². The summed E-state index contributed by atoms with van der Waals surface area (Å²) < 4.78 is 1.64. The van der Waals surface area contributed by atoms with Gasteiger partial charge in [0, 0.05) is 31.6 Å². The third kappa shape index (κ3) is 3.21. The van der Waals surface area contributed by atoms with Crippen LogP contribution in [-0.4, -0.2) is 27.4 Å². The van der Waals surface area contributed by atoms with E-state index in [2.05, 4.69) is 0 Å². The average molecular weight is 211 g/mol. The summed E-state index contributed by atoms with van der Waals surface area (Å²) in [5, 5.41) is 17.3. The van der Waals surface area contributed by atoms with Crippen LogP contribution in [0.15, 0.2) is 23.3 Å². The summed E-state index contributed by atoms with van der Waals surface area (Å²) >= 11 is 0. The van der Waals surface area contributed by atoms with E-state index < -0.39 is 11.4 Å². The minimum absolute atomic E-state index is 0.117. The summed E-state index contributed by atoms with van der Waals surface area (Å²) in [7, 11) is 0. The molecule has 0 spiro atoms. The Kier molecular flexibility index (Phi) is 4.05. The molecule has 0 aromatic carbocycles. The summed E-state index contributed by atoms with van der Waals surface area (Å²) in [6, 6.07) is 1.24. The van der Waals surface area contributed by atoms with E-state index in [1.807, 2.05) is 0 Å². The molecule has 1 heterocycles. The first-order valence-electron chi connectivity index (χ1n) is 4.69. The molecule has 0 atom stereocenters. The topological polar surface area (TPSA) is 79.5 Å². The fourth-order valence-corrected chi connectivity index (χ4v) is 1.23. The van der Waals surface area contributed by atoms with E-state index in [0.29, 0.717) is 13.0 Å². The number of hydrogen-bond donors (Lipinski definition) is 2. The number of pyridine rings is 1. The van der Waals surface area contributed by atoms with Gasteiger partial charge in [-0.1, -0.05) is 0 Å². The van der Waals surface area contributed by atoms with E-state index in [-0.39, 0.29) is 12.2 Å². The molecular weight excluding hydrogens is 198 g/mol. The van der Waals surface area contributed by atoms with Crippen LogP contribution in [0.2, 0.25) is 0 Å². The molecule has 0 aliphatic rings. The van der Waals surface area contributed by atoms with Crippen LogP contribution in [0, 0.1) is 0 Å². The van der Waals surface area contributed by atoms with E-state index in [0.717, 1.165) is 6.42 Å². The minimum atomic E-state index is -1.21. The van der Waals surface area contributed by atoms with Gasteiger partial charge < -0.3 is 14.8 Å². The molecule has 1 aromatic rings. The number of hydrogen-bond acceptors (Lipinski definition) is 3. The molecular formula is C10H13NO4. The van der Waals surface area contributed by atoms with Gasteiger partial charge in [-0.3, -0.25) is 4.79 Å². The molecule has 1 rings (SSSR count). The van der Waals surface area contributed by atoms with E-state index in [1.54, 1.807) is 10.8 Å². The third-order valence-corrected chi connectivity index (χ3v) is 2.03. The van der Waals surface area contributed by atoms with Crippen molar-refractivity contribution >= 4 is 5.97 Å². The number of aromatic nitrogens is 1. The second-order valence-corrected chi connectivity index (χ2v) is 3.20. The Morgan fingerprint density at radius 2 is 2.13 bits per heavy atom. The van der Waals surface area contributed by atoms with Crippen molar-refractivity contribution in [2.75, 3.05) is 6.61 Å². The number of carbonyl (C=O) groups is 1. The van der Waals surface area contributed by atoms with Gasteiger partial charge in [0.2, 0.25) is 0 Å². The molecule has 2 N–H and O–H groups in total. The largest absolute Gasteiger partial charge is 0.477 e. The summed E-state index contributed by atoms with van der Waals surface area (Å²) in [6.45, 7) is 0.715. The maximum Gasteiger partial charge on any atom is 0.341 e. The minimum Gasteiger partial charge on any atom is -0.477 e. The molecule has 5 heteroatoms. The summed E-state index contributed by atoms with van der Waals surface area (Å²) in [5.41, 5.74) is -0.706. The second-order valence-electron chi connectivity index (χ2n) is 3.20. The third-order valence-electron chi connectivity index (χ3n) is 2.03. The first-order valence-corrected chi connectivity index (χ1v) is 4.69. The van der Waals surface area contributed by atoms with Crippen molar-refractivity contribution in [1.82, 2.24) is 4.57 Å².